The van der Waals surface area contributed by atoms with E-state index in [4.69, 9.17) is 27.1 Å². The second-order valence-corrected chi connectivity index (χ2v) is 12.3. The molecule has 46 heavy (non-hydrogen) atoms. The van der Waals surface area contributed by atoms with Gasteiger partial charge in [0.15, 0.2) is 17.2 Å². The number of aliphatic hydroxyl groups excluding tert-OH is 1. The molecule has 0 radical (unpaired) electrons. The Kier molecular flexibility index (Phi) is 9.46. The number of carbonyl (C=O) groups is 2. The average molecular weight is 664 g/mol. The fraction of sp³-hybridized carbons (Fsp3) is 0.312. The van der Waals surface area contributed by atoms with Crippen LogP contribution in [0.25, 0.3) is 0 Å². The quantitative estimate of drug-likeness (QED) is 0.257. The minimum absolute atomic E-state index is 0.0283. The van der Waals surface area contributed by atoms with Crippen LogP contribution in [0.1, 0.15) is 32.5 Å². The Bertz CT molecular complexity index is 1760. The second kappa shape index (κ2) is 13.7. The molecule has 4 N–H and O–H groups in total. The molecule has 2 fully saturated rings. The second-order valence-electron chi connectivity index (χ2n) is 11.0. The van der Waals surface area contributed by atoms with Crippen LogP contribution in [0.5, 0.6) is 0 Å². The van der Waals surface area contributed by atoms with Gasteiger partial charge in [-0.15, -0.1) is 11.3 Å². The first kappa shape index (κ1) is 31.8. The Morgan fingerprint density at radius 2 is 2.02 bits per heavy atom. The molecule has 6 rings (SSSR count). The summed E-state index contributed by atoms with van der Waals surface area (Å²) in [5.74, 6) is 5.12. The molecule has 2 saturated heterocycles. The monoisotopic (exact) mass is 663 g/mol. The van der Waals surface area contributed by atoms with E-state index >= 15 is 0 Å². The number of nitrogens with two attached hydrogens (primary N) is 1. The number of aromatic nitrogens is 1. The number of primary amides is 1. The number of carbonyl (C=O) groups excluding carboxylic acids is 2. The van der Waals surface area contributed by atoms with Crippen molar-refractivity contribution in [2.24, 2.45) is 10.7 Å². The molecular formula is C32H31ClFN7O4S. The molecule has 0 spiro atoms. The molecule has 0 bridgehead atoms. The predicted molar refractivity (Wildman–Crippen MR) is 171 cm³/mol. The fourth-order valence-corrected chi connectivity index (χ4v) is 6.78. The molecule has 238 valence electrons. The van der Waals surface area contributed by atoms with Gasteiger partial charge in [0.05, 0.1) is 19.2 Å². The molecule has 0 saturated carbocycles. The molecule has 0 aliphatic carbocycles. The van der Waals surface area contributed by atoms with Crippen LogP contribution in [0.3, 0.4) is 0 Å². The Hall–Kier alpha value is -4.16. The number of methoxy groups -OCH3 is 1. The number of nitrogens with one attached hydrogen (secondary N) is 1. The summed E-state index contributed by atoms with van der Waals surface area (Å²) in [5.41, 5.74) is 7.82. The topological polar surface area (TPSA) is 137 Å². The van der Waals surface area contributed by atoms with Gasteiger partial charge in [-0.3, -0.25) is 24.5 Å². The predicted octanol–water partition coefficient (Wildman–Crippen LogP) is 2.18. The number of aliphatic hydroxyl groups is 1. The molecular weight excluding hydrogens is 633 g/mol. The SMILES string of the molecule is COC(=O)C1=C(CN2CCN3C(O)N(CC#Cc4ccc(C(N)=O)cc4)C[C@@H]3C2)NC(c2nccs2)=N[C@H]1c1ccc(F)cc1Cl. The van der Waals surface area contributed by atoms with E-state index < -0.39 is 30.1 Å². The van der Waals surface area contributed by atoms with Crippen molar-refractivity contribution in [3.8, 4) is 11.8 Å². The van der Waals surface area contributed by atoms with Crippen LogP contribution < -0.4 is 11.1 Å². The van der Waals surface area contributed by atoms with Gasteiger partial charge in [-0.2, -0.15) is 0 Å². The molecule has 3 atom stereocenters. The molecule has 3 aliphatic heterocycles. The summed E-state index contributed by atoms with van der Waals surface area (Å²) in [6.45, 7) is 3.19. The highest BCUT2D eigenvalue weighted by molar-refractivity contribution is 7.11. The molecule has 11 nitrogen and oxygen atoms in total. The van der Waals surface area contributed by atoms with E-state index in [0.717, 1.165) is 5.56 Å². The molecule has 2 aromatic carbocycles. The first-order valence-electron chi connectivity index (χ1n) is 14.5. The van der Waals surface area contributed by atoms with E-state index in [1.807, 2.05) is 15.2 Å². The van der Waals surface area contributed by atoms with Gasteiger partial charge in [-0.25, -0.2) is 14.2 Å². The molecule has 3 aromatic rings. The fourth-order valence-electron chi connectivity index (χ4n) is 5.92. The number of ether oxygens (including phenoxy) is 1. The van der Waals surface area contributed by atoms with Crippen LogP contribution in [0.4, 0.5) is 4.39 Å². The van der Waals surface area contributed by atoms with Crippen molar-refractivity contribution in [1.29, 1.82) is 0 Å². The highest BCUT2D eigenvalue weighted by Crippen LogP contribution is 2.37. The number of amidine groups is 1. The van der Waals surface area contributed by atoms with E-state index in [0.29, 0.717) is 66.9 Å². The third-order valence-electron chi connectivity index (χ3n) is 8.17. The number of nitrogens with zero attached hydrogens (tertiary/aromatic N) is 5. The number of thiazole rings is 1. The van der Waals surface area contributed by atoms with Crippen molar-refractivity contribution in [3.05, 3.63) is 97.8 Å². The average Bonchev–Trinajstić information content (AvgIpc) is 3.69. The number of hydrogen-bond donors (Lipinski definition) is 3. The third-order valence-corrected chi connectivity index (χ3v) is 9.28. The number of fused-ring (bicyclic) bond motifs is 1. The van der Waals surface area contributed by atoms with E-state index in [1.54, 1.807) is 30.5 Å². The third kappa shape index (κ3) is 6.68. The van der Waals surface area contributed by atoms with Crippen LogP contribution in [-0.4, -0.2) is 101 Å². The molecule has 3 aliphatic rings. The maximum Gasteiger partial charge on any atom is 0.338 e. The van der Waals surface area contributed by atoms with Crippen LogP contribution >= 0.6 is 22.9 Å². The van der Waals surface area contributed by atoms with Crippen LogP contribution in [-0.2, 0) is 9.53 Å². The van der Waals surface area contributed by atoms with Crippen molar-refractivity contribution in [2.75, 3.05) is 46.4 Å². The van der Waals surface area contributed by atoms with Gasteiger partial charge in [0.1, 0.15) is 11.9 Å². The van der Waals surface area contributed by atoms with E-state index in [2.05, 4.69) is 27.0 Å². The highest BCUT2D eigenvalue weighted by Gasteiger charge is 2.42. The lowest BCUT2D eigenvalue weighted by Gasteiger charge is -2.39. The van der Waals surface area contributed by atoms with Crippen molar-refractivity contribution >= 4 is 40.6 Å². The lowest BCUT2D eigenvalue weighted by atomic mass is 9.95. The Morgan fingerprint density at radius 3 is 2.72 bits per heavy atom. The summed E-state index contributed by atoms with van der Waals surface area (Å²) < 4.78 is 19.2. The number of esters is 1. The number of aliphatic imine (C=N–C) groups is 1. The summed E-state index contributed by atoms with van der Waals surface area (Å²) in [5, 5.41) is 17.0. The first-order valence-corrected chi connectivity index (χ1v) is 15.8. The zero-order valence-electron chi connectivity index (χ0n) is 24.8. The highest BCUT2D eigenvalue weighted by atomic mass is 35.5. The lowest BCUT2D eigenvalue weighted by molar-refractivity contribution is -0.136. The van der Waals surface area contributed by atoms with Crippen LogP contribution in [0, 0.1) is 17.7 Å². The van der Waals surface area contributed by atoms with Crippen molar-refractivity contribution in [2.45, 2.75) is 18.4 Å². The number of rotatable bonds is 7. The summed E-state index contributed by atoms with van der Waals surface area (Å²) in [4.78, 5) is 40.0. The molecule has 14 heteroatoms. The summed E-state index contributed by atoms with van der Waals surface area (Å²) in [6, 6.07) is 9.96. The van der Waals surface area contributed by atoms with Crippen molar-refractivity contribution in [3.63, 3.8) is 0 Å². The standard InChI is InChI=1S/C32H31ClFN7O4S/c1-45-31(43)26-25(37-29(30-36-10-14-46-30)38-27(26)23-9-8-21(34)15-24(23)33)18-39-12-13-41-22(16-39)17-40(32(41)44)11-2-3-19-4-6-20(7-5-19)28(35)42/h4-10,14-15,22,27,32,44H,11-13,16-18H2,1H3,(H2,35,42)(H,37,38)/t22-,27-,32?/m0/s1. The molecule has 4 heterocycles. The van der Waals surface area contributed by atoms with Crippen molar-refractivity contribution in [1.82, 2.24) is 25.0 Å². The zero-order valence-corrected chi connectivity index (χ0v) is 26.4. The Balaban J connectivity index is 1.20. The van der Waals surface area contributed by atoms with Gasteiger partial charge in [0.25, 0.3) is 0 Å². The Labute approximate surface area is 274 Å². The number of piperazine rings is 1. The van der Waals surface area contributed by atoms with Crippen molar-refractivity contribution < 1.29 is 23.8 Å². The van der Waals surface area contributed by atoms with Gasteiger partial charge in [0.2, 0.25) is 5.91 Å². The van der Waals surface area contributed by atoms with Gasteiger partial charge < -0.3 is 20.9 Å². The maximum atomic E-state index is 14.0. The van der Waals surface area contributed by atoms with Gasteiger partial charge in [0, 0.05) is 77.8 Å². The summed E-state index contributed by atoms with van der Waals surface area (Å²) in [6.07, 6.45) is 0.897. The van der Waals surface area contributed by atoms with E-state index in [-0.39, 0.29) is 16.6 Å². The first-order chi connectivity index (χ1) is 22.2. The van der Waals surface area contributed by atoms with E-state index in [9.17, 15) is 19.1 Å². The molecule has 1 aromatic heterocycles. The number of benzene rings is 2. The smallest absolute Gasteiger partial charge is 0.338 e. The Morgan fingerprint density at radius 1 is 1.22 bits per heavy atom. The van der Waals surface area contributed by atoms with Gasteiger partial charge in [-0.05, 0) is 36.4 Å². The number of hydrogen-bond acceptors (Lipinski definition) is 11. The maximum absolute atomic E-state index is 14.0. The normalized spacial score (nSPS) is 22.0. The summed E-state index contributed by atoms with van der Waals surface area (Å²) in [7, 11) is 1.31. The number of amides is 1. The summed E-state index contributed by atoms with van der Waals surface area (Å²) >= 11 is 7.87. The van der Waals surface area contributed by atoms with Gasteiger partial charge >= 0.3 is 5.97 Å². The zero-order chi connectivity index (χ0) is 32.4. The number of halogens is 2. The minimum atomic E-state index is -0.841. The van der Waals surface area contributed by atoms with Crippen LogP contribution in [0.15, 0.2) is 70.3 Å². The lowest BCUT2D eigenvalue weighted by Crippen LogP contribution is -2.54. The minimum Gasteiger partial charge on any atom is -0.466 e. The molecule has 1 amide bonds. The van der Waals surface area contributed by atoms with E-state index in [1.165, 1.54) is 36.6 Å². The van der Waals surface area contributed by atoms with Crippen LogP contribution in [0.2, 0.25) is 5.02 Å². The largest absolute Gasteiger partial charge is 0.466 e. The molecule has 1 unspecified atom stereocenters. The van der Waals surface area contributed by atoms with Gasteiger partial charge in [-0.1, -0.05) is 29.5 Å².